The van der Waals surface area contributed by atoms with Crippen LogP contribution in [0.1, 0.15) is 11.1 Å². The van der Waals surface area contributed by atoms with Crippen molar-refractivity contribution in [2.45, 2.75) is 25.8 Å². The van der Waals surface area contributed by atoms with E-state index < -0.39 is 0 Å². The Balaban J connectivity index is 2.04. The van der Waals surface area contributed by atoms with E-state index in [9.17, 15) is 0 Å². The molecule has 0 unspecified atom stereocenters. The van der Waals surface area contributed by atoms with Crippen molar-refractivity contribution in [3.8, 4) is 5.75 Å². The highest BCUT2D eigenvalue weighted by molar-refractivity contribution is 6.08. The van der Waals surface area contributed by atoms with Crippen LogP contribution in [0.2, 0.25) is 6.32 Å². The number of aryl methyl sites for hydroxylation is 2. The largest absolute Gasteiger partial charge is 0.487 e. The minimum Gasteiger partial charge on any atom is -0.487 e. The van der Waals surface area contributed by atoms with Crippen molar-refractivity contribution in [1.82, 2.24) is 5.32 Å². The van der Waals surface area contributed by atoms with Gasteiger partial charge in [0, 0.05) is 13.1 Å². The van der Waals surface area contributed by atoms with E-state index in [1.54, 1.807) is 0 Å². The molecule has 0 amide bonds. The number of hydrogen-bond acceptors (Lipinski definition) is 2. The predicted octanol–water partition coefficient (Wildman–Crippen LogP) is 0.940. The van der Waals surface area contributed by atoms with E-state index in [-0.39, 0.29) is 0 Å². The Bertz CT molecular complexity index is 336. The van der Waals surface area contributed by atoms with Crippen LogP contribution in [0.5, 0.6) is 5.75 Å². The van der Waals surface area contributed by atoms with Gasteiger partial charge in [-0.15, -0.1) is 0 Å². The summed E-state index contributed by atoms with van der Waals surface area (Å²) >= 11 is 0. The molecular formula is C12H18BNO. The van der Waals surface area contributed by atoms with Gasteiger partial charge in [-0.05, 0) is 30.5 Å². The molecule has 1 heterocycles. The third-order valence-corrected chi connectivity index (χ3v) is 2.82. The summed E-state index contributed by atoms with van der Waals surface area (Å²) in [6, 6.07) is 6.53. The van der Waals surface area contributed by atoms with Crippen LogP contribution in [-0.4, -0.2) is 27.0 Å². The van der Waals surface area contributed by atoms with Crippen LogP contribution in [-0.2, 0) is 6.42 Å². The molecule has 0 atom stereocenters. The first-order chi connectivity index (χ1) is 7.29. The Morgan fingerprint density at radius 1 is 1.47 bits per heavy atom. The number of benzene rings is 1. The van der Waals surface area contributed by atoms with Crippen LogP contribution in [0, 0.1) is 6.92 Å². The van der Waals surface area contributed by atoms with Crippen molar-refractivity contribution in [3.05, 3.63) is 29.3 Å². The van der Waals surface area contributed by atoms with E-state index >= 15 is 0 Å². The monoisotopic (exact) mass is 203 g/mol. The molecule has 15 heavy (non-hydrogen) atoms. The molecule has 1 saturated heterocycles. The molecule has 0 spiro atoms. The minimum absolute atomic E-state index is 0.376. The van der Waals surface area contributed by atoms with E-state index in [0.29, 0.717) is 6.10 Å². The number of ether oxygens (including phenoxy) is 1. The van der Waals surface area contributed by atoms with E-state index in [1.807, 2.05) is 0 Å². The molecule has 0 bridgehead atoms. The molecule has 1 aliphatic heterocycles. The maximum absolute atomic E-state index is 5.85. The summed E-state index contributed by atoms with van der Waals surface area (Å²) in [6.07, 6.45) is 2.74. The lowest BCUT2D eigenvalue weighted by Gasteiger charge is -2.28. The second-order valence-electron chi connectivity index (χ2n) is 4.25. The van der Waals surface area contributed by atoms with Crippen LogP contribution < -0.4 is 10.1 Å². The Hall–Kier alpha value is -0.955. The highest BCUT2D eigenvalue weighted by Crippen LogP contribution is 2.21. The average molecular weight is 203 g/mol. The quantitative estimate of drug-likeness (QED) is 0.735. The third-order valence-electron chi connectivity index (χ3n) is 2.82. The lowest BCUT2D eigenvalue weighted by atomic mass is 9.96. The Labute approximate surface area is 92.4 Å². The number of hydrogen-bond donors (Lipinski definition) is 1. The molecule has 1 aromatic rings. The molecule has 80 valence electrons. The molecule has 2 nitrogen and oxygen atoms in total. The fourth-order valence-electron chi connectivity index (χ4n) is 1.81. The second kappa shape index (κ2) is 4.71. The molecule has 0 aliphatic carbocycles. The molecule has 0 saturated carbocycles. The van der Waals surface area contributed by atoms with Gasteiger partial charge < -0.3 is 10.1 Å². The van der Waals surface area contributed by atoms with Gasteiger partial charge in [0.15, 0.2) is 0 Å². The van der Waals surface area contributed by atoms with Crippen molar-refractivity contribution >= 4 is 7.85 Å². The fraction of sp³-hybridized carbons (Fsp3) is 0.500. The highest BCUT2D eigenvalue weighted by atomic mass is 16.5. The maximum atomic E-state index is 5.85. The van der Waals surface area contributed by atoms with Gasteiger partial charge in [-0.1, -0.05) is 18.5 Å². The van der Waals surface area contributed by atoms with E-state index in [1.165, 1.54) is 17.4 Å². The summed E-state index contributed by atoms with van der Waals surface area (Å²) in [5.74, 6) is 1.04. The summed E-state index contributed by atoms with van der Waals surface area (Å²) in [5, 5.41) is 3.21. The van der Waals surface area contributed by atoms with Crippen LogP contribution in [0.3, 0.4) is 0 Å². The van der Waals surface area contributed by atoms with Crippen LogP contribution in [0.15, 0.2) is 18.2 Å². The summed E-state index contributed by atoms with van der Waals surface area (Å²) < 4.78 is 5.85. The van der Waals surface area contributed by atoms with Crippen LogP contribution in [0.25, 0.3) is 0 Å². The van der Waals surface area contributed by atoms with Crippen molar-refractivity contribution in [1.29, 1.82) is 0 Å². The van der Waals surface area contributed by atoms with Crippen LogP contribution in [0.4, 0.5) is 0 Å². The van der Waals surface area contributed by atoms with Gasteiger partial charge in [-0.3, -0.25) is 0 Å². The minimum atomic E-state index is 0.376. The number of rotatable bonds is 4. The average Bonchev–Trinajstić information content (AvgIpc) is 2.14. The van der Waals surface area contributed by atoms with Crippen molar-refractivity contribution in [2.24, 2.45) is 0 Å². The van der Waals surface area contributed by atoms with Gasteiger partial charge in [-0.25, -0.2) is 0 Å². The van der Waals surface area contributed by atoms with Crippen molar-refractivity contribution < 1.29 is 4.74 Å². The first-order valence-corrected chi connectivity index (χ1v) is 5.76. The van der Waals surface area contributed by atoms with Gasteiger partial charge >= 0.3 is 0 Å². The lowest BCUT2D eigenvalue weighted by Crippen LogP contribution is -2.50. The molecule has 1 aliphatic rings. The van der Waals surface area contributed by atoms with Crippen molar-refractivity contribution in [2.75, 3.05) is 13.1 Å². The zero-order valence-electron chi connectivity index (χ0n) is 9.55. The summed E-state index contributed by atoms with van der Waals surface area (Å²) in [6.45, 7) is 4.09. The SMILES string of the molecule is BCCc1ccc(OC2CNC2)c(C)c1. The molecule has 2 rings (SSSR count). The predicted molar refractivity (Wildman–Crippen MR) is 65.5 cm³/mol. The molecule has 1 aromatic carbocycles. The van der Waals surface area contributed by atoms with E-state index in [4.69, 9.17) is 4.74 Å². The first-order valence-electron chi connectivity index (χ1n) is 5.76. The molecular weight excluding hydrogens is 185 g/mol. The zero-order valence-corrected chi connectivity index (χ0v) is 9.55. The summed E-state index contributed by atoms with van der Waals surface area (Å²) in [5.41, 5.74) is 2.67. The normalized spacial score (nSPS) is 16.1. The number of nitrogens with one attached hydrogen (secondary N) is 1. The van der Waals surface area contributed by atoms with Gasteiger partial charge in [-0.2, -0.15) is 0 Å². The molecule has 1 fully saturated rings. The van der Waals surface area contributed by atoms with Gasteiger partial charge in [0.25, 0.3) is 0 Å². The maximum Gasteiger partial charge on any atom is 0.123 e. The van der Waals surface area contributed by atoms with Gasteiger partial charge in [0.05, 0.1) is 0 Å². The highest BCUT2D eigenvalue weighted by Gasteiger charge is 2.18. The topological polar surface area (TPSA) is 21.3 Å². The second-order valence-corrected chi connectivity index (χ2v) is 4.25. The summed E-state index contributed by atoms with van der Waals surface area (Å²) in [7, 11) is 2.21. The fourth-order valence-corrected chi connectivity index (χ4v) is 1.81. The zero-order chi connectivity index (χ0) is 10.7. The third kappa shape index (κ3) is 2.54. The first kappa shape index (κ1) is 10.6. The molecule has 0 aromatic heterocycles. The Kier molecular flexibility index (Phi) is 3.32. The Morgan fingerprint density at radius 2 is 2.27 bits per heavy atom. The smallest absolute Gasteiger partial charge is 0.123 e. The molecule has 1 N–H and O–H groups in total. The van der Waals surface area contributed by atoms with E-state index in [0.717, 1.165) is 25.3 Å². The van der Waals surface area contributed by atoms with Gasteiger partial charge in [0.2, 0.25) is 0 Å². The molecule has 0 radical (unpaired) electrons. The lowest BCUT2D eigenvalue weighted by molar-refractivity contribution is 0.141. The van der Waals surface area contributed by atoms with Crippen molar-refractivity contribution in [3.63, 3.8) is 0 Å². The summed E-state index contributed by atoms with van der Waals surface area (Å²) in [4.78, 5) is 0. The Morgan fingerprint density at radius 3 is 2.80 bits per heavy atom. The molecule has 3 heteroatoms. The standard InChI is InChI=1S/C12H18BNO/c1-9-6-10(4-5-13)2-3-12(9)15-11-7-14-8-11/h2-3,6,11,14H,4-5,7-8,13H2,1H3. The van der Waals surface area contributed by atoms with Crippen LogP contribution >= 0.6 is 0 Å². The van der Waals surface area contributed by atoms with E-state index in [2.05, 4.69) is 38.3 Å². The van der Waals surface area contributed by atoms with Gasteiger partial charge in [0.1, 0.15) is 19.7 Å².